The number of imidazole rings is 1. The normalized spacial score (nSPS) is 18.5. The van der Waals surface area contributed by atoms with E-state index < -0.39 is 0 Å². The first-order valence-corrected chi connectivity index (χ1v) is 9.47. The van der Waals surface area contributed by atoms with Gasteiger partial charge >= 0.3 is 0 Å². The molecule has 0 aliphatic carbocycles. The summed E-state index contributed by atoms with van der Waals surface area (Å²) in [6.07, 6.45) is 7.10. The van der Waals surface area contributed by atoms with Crippen LogP contribution in [-0.2, 0) is 24.2 Å². The number of ether oxygens (including phenoxy) is 1. The van der Waals surface area contributed by atoms with Gasteiger partial charge in [0.15, 0.2) is 5.82 Å². The molecule has 3 heterocycles. The van der Waals surface area contributed by atoms with Crippen LogP contribution >= 0.6 is 0 Å². The Labute approximate surface area is 155 Å². The lowest BCUT2D eigenvalue weighted by Crippen LogP contribution is -2.38. The van der Waals surface area contributed by atoms with Gasteiger partial charge in [-0.1, -0.05) is 13.3 Å². The van der Waals surface area contributed by atoms with E-state index in [0.717, 1.165) is 49.9 Å². The summed E-state index contributed by atoms with van der Waals surface area (Å²) in [5, 5.41) is 0. The monoisotopic (exact) mass is 358 g/mol. The molecule has 0 spiro atoms. The second kappa shape index (κ2) is 9.21. The number of nitrogens with one attached hydrogen (secondary N) is 1. The molecule has 7 nitrogen and oxygen atoms in total. The predicted octanol–water partition coefficient (Wildman–Crippen LogP) is 2.18. The lowest BCUT2D eigenvalue weighted by atomic mass is 10.2. The van der Waals surface area contributed by atoms with Gasteiger partial charge in [-0.25, -0.2) is 15.0 Å². The van der Waals surface area contributed by atoms with Crippen LogP contribution in [0.1, 0.15) is 48.9 Å². The van der Waals surface area contributed by atoms with Gasteiger partial charge in [-0.05, 0) is 26.6 Å². The van der Waals surface area contributed by atoms with E-state index in [9.17, 15) is 0 Å². The molecule has 0 aromatic carbocycles. The highest BCUT2D eigenvalue weighted by Crippen LogP contribution is 2.20. The van der Waals surface area contributed by atoms with Crippen LogP contribution in [0.25, 0.3) is 0 Å². The molecule has 0 bridgehead atoms. The lowest BCUT2D eigenvalue weighted by Gasteiger charge is -2.31. The zero-order chi connectivity index (χ0) is 18.4. The van der Waals surface area contributed by atoms with Crippen LogP contribution in [0.4, 0.5) is 0 Å². The van der Waals surface area contributed by atoms with Crippen molar-refractivity contribution in [3.63, 3.8) is 0 Å². The molecule has 0 saturated carbocycles. The highest BCUT2D eigenvalue weighted by molar-refractivity contribution is 5.06. The van der Waals surface area contributed by atoms with Crippen molar-refractivity contribution in [1.29, 1.82) is 0 Å². The average molecular weight is 358 g/mol. The van der Waals surface area contributed by atoms with Crippen LogP contribution in [-0.4, -0.2) is 63.5 Å². The number of morpholine rings is 1. The molecule has 1 atom stereocenters. The van der Waals surface area contributed by atoms with Gasteiger partial charge in [-0.3, -0.25) is 4.90 Å². The topological polar surface area (TPSA) is 70.2 Å². The van der Waals surface area contributed by atoms with Crippen molar-refractivity contribution in [2.45, 2.75) is 45.4 Å². The summed E-state index contributed by atoms with van der Waals surface area (Å²) < 4.78 is 5.94. The highest BCUT2D eigenvalue weighted by atomic mass is 16.5. The smallest absolute Gasteiger partial charge is 0.158 e. The fourth-order valence-electron chi connectivity index (χ4n) is 3.18. The number of nitrogens with zero attached hydrogens (tertiary/aromatic N) is 5. The van der Waals surface area contributed by atoms with E-state index in [0.29, 0.717) is 6.61 Å². The first-order chi connectivity index (χ1) is 12.6. The van der Waals surface area contributed by atoms with Gasteiger partial charge < -0.3 is 14.6 Å². The molecule has 1 saturated heterocycles. The molecule has 26 heavy (non-hydrogen) atoms. The van der Waals surface area contributed by atoms with Gasteiger partial charge in [0.05, 0.1) is 12.3 Å². The van der Waals surface area contributed by atoms with Gasteiger partial charge in [0, 0.05) is 50.7 Å². The van der Waals surface area contributed by atoms with Crippen LogP contribution in [0, 0.1) is 0 Å². The average Bonchev–Trinajstić information content (AvgIpc) is 3.07. The molecule has 7 heteroatoms. The maximum Gasteiger partial charge on any atom is 0.158 e. The van der Waals surface area contributed by atoms with Crippen molar-refractivity contribution in [1.82, 2.24) is 29.7 Å². The molecular weight excluding hydrogens is 328 g/mol. The zero-order valence-corrected chi connectivity index (χ0v) is 16.1. The Bertz CT molecular complexity index is 686. The fourth-order valence-corrected chi connectivity index (χ4v) is 3.18. The van der Waals surface area contributed by atoms with Crippen molar-refractivity contribution in [2.75, 3.05) is 33.8 Å². The number of rotatable bonds is 8. The predicted molar refractivity (Wildman–Crippen MR) is 101 cm³/mol. The van der Waals surface area contributed by atoms with Crippen LogP contribution < -0.4 is 0 Å². The summed E-state index contributed by atoms with van der Waals surface area (Å²) >= 11 is 0. The Morgan fingerprint density at radius 3 is 3.04 bits per heavy atom. The minimum Gasteiger partial charge on any atom is -0.368 e. The Kier molecular flexibility index (Phi) is 6.71. The quantitative estimate of drug-likeness (QED) is 0.780. The van der Waals surface area contributed by atoms with E-state index in [2.05, 4.69) is 31.7 Å². The summed E-state index contributed by atoms with van der Waals surface area (Å²) in [6.45, 7) is 6.28. The Hall–Kier alpha value is -1.83. The number of aryl methyl sites for hydroxylation is 1. The second-order valence-corrected chi connectivity index (χ2v) is 7.20. The molecule has 1 N–H and O–H groups in total. The van der Waals surface area contributed by atoms with Crippen molar-refractivity contribution in [2.24, 2.45) is 0 Å². The number of unbranched alkanes of at least 4 members (excludes halogenated alkanes) is 1. The first kappa shape index (κ1) is 18.9. The van der Waals surface area contributed by atoms with Crippen LogP contribution in [0.2, 0.25) is 0 Å². The number of H-pyrrole nitrogens is 1. The number of hydrogen-bond donors (Lipinski definition) is 1. The Morgan fingerprint density at radius 1 is 1.35 bits per heavy atom. The number of aromatic nitrogens is 4. The summed E-state index contributed by atoms with van der Waals surface area (Å²) in [5.41, 5.74) is 2.19. The largest absolute Gasteiger partial charge is 0.368 e. The van der Waals surface area contributed by atoms with Gasteiger partial charge in [0.1, 0.15) is 11.9 Å². The van der Waals surface area contributed by atoms with Crippen molar-refractivity contribution >= 4 is 0 Å². The summed E-state index contributed by atoms with van der Waals surface area (Å²) in [5.74, 6) is 1.87. The van der Waals surface area contributed by atoms with Gasteiger partial charge in [-0.15, -0.1) is 0 Å². The zero-order valence-electron chi connectivity index (χ0n) is 16.1. The summed E-state index contributed by atoms with van der Waals surface area (Å²) in [6, 6.07) is 1.96. The minimum atomic E-state index is -0.0756. The molecule has 1 aliphatic heterocycles. The maximum absolute atomic E-state index is 5.94. The Balaban J connectivity index is 1.59. The van der Waals surface area contributed by atoms with Gasteiger partial charge in [0.2, 0.25) is 0 Å². The molecular formula is C19H30N6O. The molecule has 0 amide bonds. The number of aromatic amines is 1. The van der Waals surface area contributed by atoms with E-state index in [1.54, 1.807) is 0 Å². The highest BCUT2D eigenvalue weighted by Gasteiger charge is 2.24. The third kappa shape index (κ3) is 5.33. The van der Waals surface area contributed by atoms with Crippen molar-refractivity contribution in [3.05, 3.63) is 41.5 Å². The van der Waals surface area contributed by atoms with Crippen molar-refractivity contribution < 1.29 is 4.74 Å². The maximum atomic E-state index is 5.94. The summed E-state index contributed by atoms with van der Waals surface area (Å²) in [4.78, 5) is 21.6. The molecule has 0 unspecified atom stereocenters. The first-order valence-electron chi connectivity index (χ1n) is 9.47. The lowest BCUT2D eigenvalue weighted by molar-refractivity contribution is -0.0376. The molecule has 1 aliphatic rings. The van der Waals surface area contributed by atoms with E-state index in [-0.39, 0.29) is 6.10 Å². The van der Waals surface area contributed by atoms with Gasteiger partial charge in [-0.2, -0.15) is 0 Å². The van der Waals surface area contributed by atoms with Crippen LogP contribution in [0.15, 0.2) is 18.5 Å². The standard InChI is InChI=1S/C19H30N6O/c1-4-5-6-18-21-11-16(22-18)13-25-9-10-26-17(14-25)19-20-8-7-15(23-19)12-24(2)3/h7-8,11,17H,4-6,9-10,12-14H2,1-3H3,(H,21,22)/t17-/m1/s1. The fraction of sp³-hybridized carbons (Fsp3) is 0.632. The molecule has 2 aromatic heterocycles. The molecule has 1 fully saturated rings. The van der Waals surface area contributed by atoms with Gasteiger partial charge in [0.25, 0.3) is 0 Å². The van der Waals surface area contributed by atoms with E-state index in [1.807, 2.05) is 32.6 Å². The summed E-state index contributed by atoms with van der Waals surface area (Å²) in [7, 11) is 4.08. The molecule has 142 valence electrons. The third-order valence-electron chi connectivity index (χ3n) is 4.49. The molecule has 3 rings (SSSR count). The van der Waals surface area contributed by atoms with Crippen molar-refractivity contribution in [3.8, 4) is 0 Å². The number of hydrogen-bond acceptors (Lipinski definition) is 6. The van der Waals surface area contributed by atoms with E-state index in [1.165, 1.54) is 18.5 Å². The van der Waals surface area contributed by atoms with Crippen LogP contribution in [0.5, 0.6) is 0 Å². The minimum absolute atomic E-state index is 0.0756. The van der Waals surface area contributed by atoms with Crippen LogP contribution in [0.3, 0.4) is 0 Å². The molecule has 2 aromatic rings. The molecule has 0 radical (unpaired) electrons. The van der Waals surface area contributed by atoms with E-state index in [4.69, 9.17) is 9.72 Å². The van der Waals surface area contributed by atoms with E-state index >= 15 is 0 Å². The second-order valence-electron chi connectivity index (χ2n) is 7.20. The SMILES string of the molecule is CCCCc1ncc(CN2CCO[C@@H](c3nccc(CN(C)C)n3)C2)[nH]1. The Morgan fingerprint density at radius 2 is 2.23 bits per heavy atom. The third-order valence-corrected chi connectivity index (χ3v) is 4.49.